The molecule has 1 aromatic carbocycles. The van der Waals surface area contributed by atoms with Crippen LogP contribution in [0.2, 0.25) is 0 Å². The maximum atomic E-state index is 13.1. The zero-order valence-electron chi connectivity index (χ0n) is 17.3. The molecule has 1 saturated heterocycles. The molecular formula is C22H24N4O2S2. The van der Waals surface area contributed by atoms with E-state index in [-0.39, 0.29) is 5.91 Å². The first-order valence-electron chi connectivity index (χ1n) is 10.1. The number of H-pyrrole nitrogens is 1. The van der Waals surface area contributed by atoms with Crippen LogP contribution in [-0.2, 0) is 0 Å². The molecule has 4 aromatic rings. The Balaban J connectivity index is 1.30. The number of anilines is 1. The highest BCUT2D eigenvalue weighted by Gasteiger charge is 2.27. The Morgan fingerprint density at radius 3 is 2.73 bits per heavy atom. The third-order valence-electron chi connectivity index (χ3n) is 5.81. The minimum Gasteiger partial charge on any atom is -0.497 e. The lowest BCUT2D eigenvalue weighted by molar-refractivity contribution is 0.0718. The number of nitrogens with zero attached hydrogens (tertiary/aromatic N) is 3. The lowest BCUT2D eigenvalue weighted by Crippen LogP contribution is -2.37. The molecule has 0 atom stereocenters. The molecule has 6 nitrogen and oxygen atoms in total. The van der Waals surface area contributed by atoms with E-state index in [0.29, 0.717) is 5.92 Å². The zero-order chi connectivity index (χ0) is 20.8. The summed E-state index contributed by atoms with van der Waals surface area (Å²) in [5.74, 6) is 1.46. The Morgan fingerprint density at radius 1 is 1.23 bits per heavy atom. The van der Waals surface area contributed by atoms with Gasteiger partial charge in [0.1, 0.15) is 10.6 Å². The monoisotopic (exact) mass is 440 g/mol. The number of aromatic nitrogens is 2. The topological polar surface area (TPSA) is 61.5 Å². The van der Waals surface area contributed by atoms with Gasteiger partial charge in [-0.3, -0.25) is 4.79 Å². The SMILES string of the molecule is COc1ccc2[nH]cc(C3CCN(C(=O)c4cc5sc(N(C)C)nc5s4)CC3)c2c1. The standard InChI is InChI=1S/C22H24N4O2S2/c1-25(2)22-24-20-18(30-22)11-19(29-20)21(27)26-8-6-13(7-9-26)16-12-23-17-5-4-14(28-3)10-15(16)17/h4-5,10-13,23H,6-9H2,1-3H3. The van der Waals surface area contributed by atoms with Crippen molar-refractivity contribution in [3.05, 3.63) is 40.9 Å². The highest BCUT2D eigenvalue weighted by Crippen LogP contribution is 2.37. The molecule has 0 saturated carbocycles. The third-order valence-corrected chi connectivity index (χ3v) is 8.13. The number of hydrogen-bond donors (Lipinski definition) is 1. The number of methoxy groups -OCH3 is 1. The molecule has 1 N–H and O–H groups in total. The van der Waals surface area contributed by atoms with Crippen molar-refractivity contribution in [1.29, 1.82) is 0 Å². The van der Waals surface area contributed by atoms with Crippen LogP contribution in [0.25, 0.3) is 20.4 Å². The maximum absolute atomic E-state index is 13.1. The molecule has 0 unspecified atom stereocenters. The van der Waals surface area contributed by atoms with Crippen LogP contribution in [0.5, 0.6) is 5.75 Å². The molecule has 0 aliphatic carbocycles. The van der Waals surface area contributed by atoms with Gasteiger partial charge in [0.2, 0.25) is 0 Å². The summed E-state index contributed by atoms with van der Waals surface area (Å²) in [5.41, 5.74) is 2.46. The Kier molecular flexibility index (Phi) is 4.91. The van der Waals surface area contributed by atoms with E-state index in [4.69, 9.17) is 4.74 Å². The van der Waals surface area contributed by atoms with Gasteiger partial charge in [-0.05, 0) is 48.6 Å². The van der Waals surface area contributed by atoms with Crippen molar-refractivity contribution < 1.29 is 9.53 Å². The van der Waals surface area contributed by atoms with Crippen molar-refractivity contribution >= 4 is 54.1 Å². The largest absolute Gasteiger partial charge is 0.497 e. The van der Waals surface area contributed by atoms with E-state index in [1.165, 1.54) is 22.3 Å². The van der Waals surface area contributed by atoms with Crippen molar-refractivity contribution in [3.8, 4) is 5.75 Å². The average molecular weight is 441 g/mol. The van der Waals surface area contributed by atoms with Crippen LogP contribution in [0.4, 0.5) is 5.13 Å². The van der Waals surface area contributed by atoms with E-state index >= 15 is 0 Å². The summed E-state index contributed by atoms with van der Waals surface area (Å²) in [6.45, 7) is 1.56. The molecular weight excluding hydrogens is 416 g/mol. The smallest absolute Gasteiger partial charge is 0.264 e. The Morgan fingerprint density at radius 2 is 2.03 bits per heavy atom. The van der Waals surface area contributed by atoms with E-state index in [2.05, 4.69) is 28.3 Å². The molecule has 156 valence electrons. The molecule has 4 heterocycles. The van der Waals surface area contributed by atoms with E-state index in [0.717, 1.165) is 56.7 Å². The first-order chi connectivity index (χ1) is 14.5. The van der Waals surface area contributed by atoms with E-state index in [9.17, 15) is 4.79 Å². The van der Waals surface area contributed by atoms with Gasteiger partial charge in [-0.1, -0.05) is 11.3 Å². The molecule has 3 aromatic heterocycles. The molecule has 0 bridgehead atoms. The number of carbonyl (C=O) groups is 1. The molecule has 1 aliphatic heterocycles. The number of piperidine rings is 1. The second kappa shape index (κ2) is 7.59. The fourth-order valence-electron chi connectivity index (χ4n) is 4.16. The van der Waals surface area contributed by atoms with Crippen LogP contribution in [0, 0.1) is 0 Å². The molecule has 1 aliphatic rings. The van der Waals surface area contributed by atoms with E-state index in [1.807, 2.05) is 36.0 Å². The van der Waals surface area contributed by atoms with Crippen molar-refractivity contribution in [1.82, 2.24) is 14.9 Å². The summed E-state index contributed by atoms with van der Waals surface area (Å²) in [6, 6.07) is 8.15. The summed E-state index contributed by atoms with van der Waals surface area (Å²) in [7, 11) is 5.67. The first-order valence-corrected chi connectivity index (χ1v) is 11.7. The molecule has 8 heteroatoms. The molecule has 1 fully saturated rings. The molecule has 0 spiro atoms. The summed E-state index contributed by atoms with van der Waals surface area (Å²) in [6.07, 6.45) is 4.06. The first kappa shape index (κ1) is 19.4. The highest BCUT2D eigenvalue weighted by atomic mass is 32.1. The van der Waals surface area contributed by atoms with Crippen molar-refractivity contribution in [2.45, 2.75) is 18.8 Å². The normalized spacial score (nSPS) is 15.2. The van der Waals surface area contributed by atoms with Gasteiger partial charge in [0, 0.05) is 44.3 Å². The minimum atomic E-state index is 0.135. The number of thiophene rings is 1. The van der Waals surface area contributed by atoms with Crippen molar-refractivity contribution in [2.75, 3.05) is 39.2 Å². The van der Waals surface area contributed by atoms with Gasteiger partial charge in [-0.25, -0.2) is 4.98 Å². The number of aromatic amines is 1. The van der Waals surface area contributed by atoms with Crippen LogP contribution in [0.15, 0.2) is 30.5 Å². The number of ether oxygens (including phenoxy) is 1. The number of rotatable bonds is 4. The summed E-state index contributed by atoms with van der Waals surface area (Å²) in [5, 5.41) is 2.20. The fraction of sp³-hybridized carbons (Fsp3) is 0.364. The predicted molar refractivity (Wildman–Crippen MR) is 125 cm³/mol. The summed E-state index contributed by atoms with van der Waals surface area (Å²) >= 11 is 3.14. The minimum absolute atomic E-state index is 0.135. The van der Waals surface area contributed by atoms with Crippen LogP contribution in [0.1, 0.15) is 34.0 Å². The number of thiazole rings is 1. The van der Waals surface area contributed by atoms with Gasteiger partial charge in [0.05, 0.1) is 16.7 Å². The van der Waals surface area contributed by atoms with E-state index in [1.54, 1.807) is 18.4 Å². The predicted octanol–water partition coefficient (Wildman–Crippen LogP) is 4.93. The van der Waals surface area contributed by atoms with Crippen LogP contribution >= 0.6 is 22.7 Å². The quantitative estimate of drug-likeness (QED) is 0.489. The molecule has 1 amide bonds. The highest BCUT2D eigenvalue weighted by molar-refractivity contribution is 7.29. The number of benzene rings is 1. The number of hydrogen-bond acceptors (Lipinski definition) is 6. The number of nitrogens with one attached hydrogen (secondary N) is 1. The fourth-order valence-corrected chi connectivity index (χ4v) is 6.26. The summed E-state index contributed by atoms with van der Waals surface area (Å²) in [4.78, 5) is 26.8. The van der Waals surface area contributed by atoms with Gasteiger partial charge in [0.25, 0.3) is 5.91 Å². The van der Waals surface area contributed by atoms with Crippen molar-refractivity contribution in [2.24, 2.45) is 0 Å². The molecule has 30 heavy (non-hydrogen) atoms. The van der Waals surface area contributed by atoms with Crippen LogP contribution in [-0.4, -0.2) is 55.1 Å². The lowest BCUT2D eigenvalue weighted by atomic mass is 9.89. The zero-order valence-corrected chi connectivity index (χ0v) is 18.9. The van der Waals surface area contributed by atoms with E-state index < -0.39 is 0 Å². The van der Waals surface area contributed by atoms with Crippen LogP contribution in [0.3, 0.4) is 0 Å². The van der Waals surface area contributed by atoms with Crippen molar-refractivity contribution in [3.63, 3.8) is 0 Å². The second-order valence-electron chi connectivity index (χ2n) is 7.89. The number of likely N-dealkylation sites (tertiary alicyclic amines) is 1. The third kappa shape index (κ3) is 3.33. The Hall–Kier alpha value is -2.58. The van der Waals surface area contributed by atoms with Gasteiger partial charge in [-0.2, -0.15) is 0 Å². The number of fused-ring (bicyclic) bond motifs is 2. The number of carbonyl (C=O) groups excluding carboxylic acids is 1. The van der Waals surface area contributed by atoms with Gasteiger partial charge < -0.3 is 19.5 Å². The summed E-state index contributed by atoms with van der Waals surface area (Å²) < 4.78 is 6.49. The Bertz CT molecular complexity index is 1180. The molecule has 0 radical (unpaired) electrons. The lowest BCUT2D eigenvalue weighted by Gasteiger charge is -2.31. The number of amides is 1. The maximum Gasteiger partial charge on any atom is 0.264 e. The molecule has 5 rings (SSSR count). The second-order valence-corrected chi connectivity index (χ2v) is 9.93. The van der Waals surface area contributed by atoms with Crippen LogP contribution < -0.4 is 9.64 Å². The van der Waals surface area contributed by atoms with Gasteiger partial charge in [-0.15, -0.1) is 11.3 Å². The van der Waals surface area contributed by atoms with Gasteiger partial charge >= 0.3 is 0 Å². The van der Waals surface area contributed by atoms with Gasteiger partial charge in [0.15, 0.2) is 5.13 Å². The Labute approximate surface area is 183 Å². The average Bonchev–Trinajstić information content (AvgIpc) is 3.45.